The lowest BCUT2D eigenvalue weighted by atomic mass is 9.87. The first-order valence-corrected chi connectivity index (χ1v) is 5.85. The highest BCUT2D eigenvalue weighted by Crippen LogP contribution is 2.19. The lowest BCUT2D eigenvalue weighted by Gasteiger charge is -2.27. The first-order valence-electron chi connectivity index (χ1n) is 5.85. The van der Waals surface area contributed by atoms with E-state index in [9.17, 15) is 9.59 Å². The zero-order valence-corrected chi connectivity index (χ0v) is 11.3. The normalized spacial score (nSPS) is 13.1. The molecule has 0 spiro atoms. The predicted molar refractivity (Wildman–Crippen MR) is 66.9 cm³/mol. The second kappa shape index (κ2) is 5.79. The largest absolute Gasteiger partial charge is 0.480 e. The standard InChI is InChI=1S/C11H19N5O3/c1-11(2,3)9(10(18)19)13-8(17)6-16-5-7(4-12)14-15-16/h5,9H,4,6,12H2,1-3H3,(H,13,17)(H,18,19). The zero-order chi connectivity index (χ0) is 14.6. The van der Waals surface area contributed by atoms with Crippen LogP contribution in [0, 0.1) is 5.41 Å². The van der Waals surface area contributed by atoms with Gasteiger partial charge >= 0.3 is 5.97 Å². The Morgan fingerprint density at radius 1 is 1.53 bits per heavy atom. The maximum absolute atomic E-state index is 11.8. The number of carboxylic acid groups (broad SMARTS) is 1. The van der Waals surface area contributed by atoms with Crippen molar-refractivity contribution in [2.45, 2.75) is 39.9 Å². The summed E-state index contributed by atoms with van der Waals surface area (Å²) < 4.78 is 1.32. The smallest absolute Gasteiger partial charge is 0.326 e. The quantitative estimate of drug-likeness (QED) is 0.653. The Labute approximate surface area is 111 Å². The molecule has 8 heteroatoms. The Hall–Kier alpha value is -1.96. The lowest BCUT2D eigenvalue weighted by molar-refractivity contribution is -0.145. The third-order valence-corrected chi connectivity index (χ3v) is 2.52. The number of aromatic nitrogens is 3. The van der Waals surface area contributed by atoms with Gasteiger partial charge in [0.05, 0.1) is 11.9 Å². The SMILES string of the molecule is CC(C)(C)C(NC(=O)Cn1cc(CN)nn1)C(=O)O. The molecule has 0 radical (unpaired) electrons. The van der Waals surface area contributed by atoms with E-state index in [0.717, 1.165) is 0 Å². The second-order valence-electron chi connectivity index (χ2n) is 5.32. The van der Waals surface area contributed by atoms with Crippen LogP contribution in [0.2, 0.25) is 0 Å². The van der Waals surface area contributed by atoms with Crippen LogP contribution < -0.4 is 11.1 Å². The summed E-state index contributed by atoms with van der Waals surface area (Å²) in [6.45, 7) is 5.38. The third kappa shape index (κ3) is 4.32. The molecule has 1 unspecified atom stereocenters. The maximum Gasteiger partial charge on any atom is 0.326 e. The number of rotatable bonds is 5. The molecule has 1 rings (SSSR count). The van der Waals surface area contributed by atoms with Crippen LogP contribution in [-0.4, -0.2) is 38.0 Å². The number of carbonyl (C=O) groups is 2. The Morgan fingerprint density at radius 3 is 2.58 bits per heavy atom. The number of hydrogen-bond acceptors (Lipinski definition) is 5. The van der Waals surface area contributed by atoms with Gasteiger partial charge in [0.1, 0.15) is 12.6 Å². The van der Waals surface area contributed by atoms with Gasteiger partial charge in [-0.15, -0.1) is 5.10 Å². The number of hydrogen-bond donors (Lipinski definition) is 3. The molecule has 0 aliphatic heterocycles. The highest BCUT2D eigenvalue weighted by Gasteiger charge is 2.32. The minimum Gasteiger partial charge on any atom is -0.480 e. The van der Waals surface area contributed by atoms with Crippen molar-refractivity contribution >= 4 is 11.9 Å². The van der Waals surface area contributed by atoms with Gasteiger partial charge in [-0.05, 0) is 5.41 Å². The van der Waals surface area contributed by atoms with Crippen LogP contribution >= 0.6 is 0 Å². The van der Waals surface area contributed by atoms with E-state index in [1.165, 1.54) is 4.68 Å². The van der Waals surface area contributed by atoms with Crippen LogP contribution in [0.25, 0.3) is 0 Å². The molecule has 1 aromatic heterocycles. The van der Waals surface area contributed by atoms with Crippen molar-refractivity contribution in [2.75, 3.05) is 0 Å². The summed E-state index contributed by atoms with van der Waals surface area (Å²) in [7, 11) is 0. The van der Waals surface area contributed by atoms with Crippen LogP contribution in [0.4, 0.5) is 0 Å². The van der Waals surface area contributed by atoms with Crippen molar-refractivity contribution in [1.82, 2.24) is 20.3 Å². The fourth-order valence-corrected chi connectivity index (χ4v) is 1.51. The van der Waals surface area contributed by atoms with Crippen molar-refractivity contribution in [3.63, 3.8) is 0 Å². The van der Waals surface area contributed by atoms with Crippen molar-refractivity contribution in [3.8, 4) is 0 Å². The number of nitrogens with one attached hydrogen (secondary N) is 1. The van der Waals surface area contributed by atoms with Gasteiger partial charge in [-0.25, -0.2) is 9.48 Å². The van der Waals surface area contributed by atoms with E-state index in [2.05, 4.69) is 15.6 Å². The van der Waals surface area contributed by atoms with Crippen LogP contribution in [0.5, 0.6) is 0 Å². The Balaban J connectivity index is 2.65. The van der Waals surface area contributed by atoms with Gasteiger partial charge in [-0.2, -0.15) is 0 Å². The van der Waals surface area contributed by atoms with Gasteiger partial charge in [-0.3, -0.25) is 4.79 Å². The molecule has 1 aromatic rings. The van der Waals surface area contributed by atoms with Gasteiger partial charge in [0, 0.05) is 6.54 Å². The summed E-state index contributed by atoms with van der Waals surface area (Å²) in [6.07, 6.45) is 1.55. The van der Waals surface area contributed by atoms with Crippen molar-refractivity contribution in [3.05, 3.63) is 11.9 Å². The molecule has 0 saturated carbocycles. The highest BCUT2D eigenvalue weighted by molar-refractivity contribution is 5.83. The lowest BCUT2D eigenvalue weighted by Crippen LogP contribution is -2.50. The zero-order valence-electron chi connectivity index (χ0n) is 11.3. The fraction of sp³-hybridized carbons (Fsp3) is 0.636. The van der Waals surface area contributed by atoms with Crippen LogP contribution in [0.1, 0.15) is 26.5 Å². The summed E-state index contributed by atoms with van der Waals surface area (Å²) in [5.41, 5.74) is 5.37. The molecule has 0 aromatic carbocycles. The molecular formula is C11H19N5O3. The molecule has 8 nitrogen and oxygen atoms in total. The number of carbonyl (C=O) groups excluding carboxylic acids is 1. The molecule has 0 fully saturated rings. The predicted octanol–water partition coefficient (Wildman–Crippen LogP) is -0.648. The third-order valence-electron chi connectivity index (χ3n) is 2.52. The molecule has 1 atom stereocenters. The molecule has 0 bridgehead atoms. The summed E-state index contributed by atoms with van der Waals surface area (Å²) in [4.78, 5) is 22.9. The van der Waals surface area contributed by atoms with E-state index < -0.39 is 23.3 Å². The van der Waals surface area contributed by atoms with E-state index in [4.69, 9.17) is 10.8 Å². The number of nitrogens with two attached hydrogens (primary N) is 1. The first-order chi connectivity index (χ1) is 8.74. The number of nitrogens with zero attached hydrogens (tertiary/aromatic N) is 3. The van der Waals surface area contributed by atoms with Crippen LogP contribution in [0.3, 0.4) is 0 Å². The molecule has 19 heavy (non-hydrogen) atoms. The first kappa shape index (κ1) is 15.1. The van der Waals surface area contributed by atoms with Gasteiger partial charge < -0.3 is 16.2 Å². The number of carboxylic acids is 1. The summed E-state index contributed by atoms with van der Waals surface area (Å²) >= 11 is 0. The molecule has 1 heterocycles. The minimum absolute atomic E-state index is 0.0904. The highest BCUT2D eigenvalue weighted by atomic mass is 16.4. The average Bonchev–Trinajstić information content (AvgIpc) is 2.71. The molecule has 0 aliphatic rings. The van der Waals surface area contributed by atoms with Crippen molar-refractivity contribution in [2.24, 2.45) is 11.1 Å². The van der Waals surface area contributed by atoms with E-state index >= 15 is 0 Å². The fourth-order valence-electron chi connectivity index (χ4n) is 1.51. The summed E-state index contributed by atoms with van der Waals surface area (Å²) in [5, 5.41) is 19.0. The van der Waals surface area contributed by atoms with Gasteiger partial charge in [0.2, 0.25) is 5.91 Å². The van der Waals surface area contributed by atoms with E-state index in [0.29, 0.717) is 5.69 Å². The molecule has 106 valence electrons. The number of aliphatic carboxylic acids is 1. The topological polar surface area (TPSA) is 123 Å². The van der Waals surface area contributed by atoms with Gasteiger partial charge in [0.15, 0.2) is 0 Å². The van der Waals surface area contributed by atoms with Crippen LogP contribution in [0.15, 0.2) is 6.20 Å². The molecule has 0 saturated heterocycles. The van der Waals surface area contributed by atoms with Crippen LogP contribution in [-0.2, 0) is 22.7 Å². The molecular weight excluding hydrogens is 250 g/mol. The monoisotopic (exact) mass is 269 g/mol. The second-order valence-corrected chi connectivity index (χ2v) is 5.32. The Kier molecular flexibility index (Phi) is 4.60. The average molecular weight is 269 g/mol. The van der Waals surface area contributed by atoms with Gasteiger partial charge in [0.25, 0.3) is 0 Å². The minimum atomic E-state index is -1.07. The Bertz CT molecular complexity index is 463. The molecule has 0 aliphatic carbocycles. The van der Waals surface area contributed by atoms with Gasteiger partial charge in [-0.1, -0.05) is 26.0 Å². The summed E-state index contributed by atoms with van der Waals surface area (Å²) in [6, 6.07) is -0.961. The van der Waals surface area contributed by atoms with E-state index in [1.807, 2.05) is 0 Å². The molecule has 4 N–H and O–H groups in total. The molecule has 1 amide bonds. The number of amides is 1. The van der Waals surface area contributed by atoms with E-state index in [1.54, 1.807) is 27.0 Å². The summed E-state index contributed by atoms with van der Waals surface area (Å²) in [5.74, 6) is -1.50. The van der Waals surface area contributed by atoms with Crippen molar-refractivity contribution < 1.29 is 14.7 Å². The van der Waals surface area contributed by atoms with E-state index in [-0.39, 0.29) is 13.1 Å². The Morgan fingerprint density at radius 2 is 2.16 bits per heavy atom. The van der Waals surface area contributed by atoms with Crippen molar-refractivity contribution in [1.29, 1.82) is 0 Å². The maximum atomic E-state index is 11.8.